The lowest BCUT2D eigenvalue weighted by Crippen LogP contribution is -2.27. The third-order valence-corrected chi connectivity index (χ3v) is 7.83. The molecule has 9 heteroatoms. The van der Waals surface area contributed by atoms with Crippen molar-refractivity contribution in [1.82, 2.24) is 4.57 Å². The molecule has 0 N–H and O–H groups in total. The summed E-state index contributed by atoms with van der Waals surface area (Å²) in [5.41, 5.74) is 4.44. The van der Waals surface area contributed by atoms with E-state index in [4.69, 9.17) is 0 Å². The minimum atomic E-state index is -0.409. The molecule has 0 atom stereocenters. The van der Waals surface area contributed by atoms with E-state index in [1.54, 1.807) is 42.5 Å². The molecule has 2 amide bonds. The van der Waals surface area contributed by atoms with Crippen LogP contribution in [0.1, 0.15) is 17.0 Å². The fourth-order valence-electron chi connectivity index (χ4n) is 4.17. The second-order valence-corrected chi connectivity index (χ2v) is 10.5. The molecule has 0 unspecified atom stereocenters. The molecule has 0 bridgehead atoms. The lowest BCUT2D eigenvalue weighted by molar-refractivity contribution is -0.384. The van der Waals surface area contributed by atoms with Gasteiger partial charge in [0.2, 0.25) is 0 Å². The maximum absolute atomic E-state index is 13.0. The molecule has 1 aliphatic heterocycles. The third-order valence-electron chi connectivity index (χ3n) is 5.94. The summed E-state index contributed by atoms with van der Waals surface area (Å²) in [5, 5.41) is 10.5. The van der Waals surface area contributed by atoms with E-state index in [1.807, 2.05) is 50.2 Å². The number of thioether (sulfide) groups is 1. The molecule has 3 aromatic carbocycles. The van der Waals surface area contributed by atoms with Gasteiger partial charge in [-0.05, 0) is 91.8 Å². The number of nitro groups is 1. The quantitative estimate of drug-likeness (QED) is 0.148. The first-order chi connectivity index (χ1) is 17.8. The first kappa shape index (κ1) is 24.6. The largest absolute Gasteiger partial charge is 0.318 e. The summed E-state index contributed by atoms with van der Waals surface area (Å²) in [6.45, 7) is 3.99. The van der Waals surface area contributed by atoms with Crippen molar-refractivity contribution < 1.29 is 14.5 Å². The van der Waals surface area contributed by atoms with Crippen LogP contribution < -0.4 is 4.90 Å². The van der Waals surface area contributed by atoms with Crippen LogP contribution >= 0.6 is 23.5 Å². The van der Waals surface area contributed by atoms with E-state index >= 15 is 0 Å². The fraction of sp³-hybridized carbons (Fsp3) is 0.0714. The van der Waals surface area contributed by atoms with Crippen LogP contribution in [0, 0.1) is 24.0 Å². The number of carbonyl (C=O) groups is 2. The molecule has 0 radical (unpaired) electrons. The number of non-ortho nitro benzene ring substituents is 1. The Kier molecular flexibility index (Phi) is 6.73. The summed E-state index contributed by atoms with van der Waals surface area (Å²) < 4.78 is 2.10. The highest BCUT2D eigenvalue weighted by Crippen LogP contribution is 2.37. The van der Waals surface area contributed by atoms with Gasteiger partial charge >= 0.3 is 0 Å². The summed E-state index contributed by atoms with van der Waals surface area (Å²) in [6, 6.07) is 25.4. The number of carbonyl (C=O) groups excluding carboxylic acids is 2. The Hall–Kier alpha value is -4.08. The first-order valence-corrected chi connectivity index (χ1v) is 13.0. The molecule has 1 aromatic heterocycles. The van der Waals surface area contributed by atoms with Gasteiger partial charge in [-0.15, -0.1) is 0 Å². The van der Waals surface area contributed by atoms with Crippen molar-refractivity contribution in [2.45, 2.75) is 23.6 Å². The van der Waals surface area contributed by atoms with Crippen LogP contribution in [-0.4, -0.2) is 20.6 Å². The van der Waals surface area contributed by atoms with Gasteiger partial charge < -0.3 is 4.57 Å². The highest BCUT2D eigenvalue weighted by molar-refractivity contribution is 8.19. The predicted molar refractivity (Wildman–Crippen MR) is 147 cm³/mol. The van der Waals surface area contributed by atoms with Crippen LogP contribution in [0.5, 0.6) is 0 Å². The highest BCUT2D eigenvalue weighted by atomic mass is 32.2. The molecule has 0 spiro atoms. The fourth-order valence-corrected chi connectivity index (χ4v) is 5.82. The van der Waals surface area contributed by atoms with Gasteiger partial charge in [0.05, 0.1) is 15.5 Å². The average Bonchev–Trinajstić information content (AvgIpc) is 3.33. The van der Waals surface area contributed by atoms with Crippen molar-refractivity contribution in [1.29, 1.82) is 0 Å². The number of hydrogen-bond donors (Lipinski definition) is 0. The molecule has 0 aliphatic carbocycles. The van der Waals surface area contributed by atoms with Crippen LogP contribution in [0.25, 0.3) is 11.8 Å². The smallest absolute Gasteiger partial charge is 0.298 e. The molecule has 1 aliphatic rings. The Morgan fingerprint density at radius 3 is 2.11 bits per heavy atom. The lowest BCUT2D eigenvalue weighted by Gasteiger charge is -2.11. The molecule has 5 rings (SSSR count). The van der Waals surface area contributed by atoms with Crippen LogP contribution in [0.4, 0.5) is 16.2 Å². The number of hydrogen-bond acceptors (Lipinski definition) is 6. The minimum absolute atomic E-state index is 0.0684. The van der Waals surface area contributed by atoms with Crippen molar-refractivity contribution in [3.63, 3.8) is 0 Å². The Balaban J connectivity index is 1.37. The second kappa shape index (κ2) is 10.1. The summed E-state index contributed by atoms with van der Waals surface area (Å²) in [4.78, 5) is 39.5. The molecule has 37 heavy (non-hydrogen) atoms. The second-order valence-electron chi connectivity index (χ2n) is 8.36. The first-order valence-electron chi connectivity index (χ1n) is 11.4. The monoisotopic (exact) mass is 527 g/mol. The van der Waals surface area contributed by atoms with Gasteiger partial charge in [-0.3, -0.25) is 19.7 Å². The van der Waals surface area contributed by atoms with Crippen molar-refractivity contribution in [2.75, 3.05) is 4.90 Å². The van der Waals surface area contributed by atoms with Gasteiger partial charge in [0.15, 0.2) is 0 Å². The molecule has 7 nitrogen and oxygen atoms in total. The summed E-state index contributed by atoms with van der Waals surface area (Å²) in [5.74, 6) is -0.321. The number of imide groups is 1. The van der Waals surface area contributed by atoms with E-state index in [0.717, 1.165) is 44.2 Å². The molecule has 4 aromatic rings. The number of nitrogens with zero attached hydrogens (tertiary/aromatic N) is 3. The number of benzene rings is 3. The maximum Gasteiger partial charge on any atom is 0.298 e. The zero-order chi connectivity index (χ0) is 26.1. The average molecular weight is 528 g/mol. The molecule has 1 saturated heterocycles. The van der Waals surface area contributed by atoms with Crippen LogP contribution in [0.2, 0.25) is 0 Å². The van der Waals surface area contributed by atoms with E-state index in [0.29, 0.717) is 10.6 Å². The molecule has 2 heterocycles. The maximum atomic E-state index is 13.0. The van der Waals surface area contributed by atoms with E-state index < -0.39 is 4.92 Å². The Morgan fingerprint density at radius 1 is 0.865 bits per heavy atom. The van der Waals surface area contributed by atoms with Crippen LogP contribution in [0.15, 0.2) is 99.6 Å². The Labute approximate surface area is 221 Å². The van der Waals surface area contributed by atoms with E-state index in [2.05, 4.69) is 4.57 Å². The number of nitro benzene ring substituents is 1. The number of anilines is 1. The van der Waals surface area contributed by atoms with Crippen molar-refractivity contribution >= 4 is 52.1 Å². The molecular formula is C28H21N3O4S2. The predicted octanol–water partition coefficient (Wildman–Crippen LogP) is 7.39. The van der Waals surface area contributed by atoms with E-state index in [9.17, 15) is 19.7 Å². The molecule has 1 fully saturated rings. The number of amides is 2. The third kappa shape index (κ3) is 4.96. The van der Waals surface area contributed by atoms with Gasteiger partial charge in [-0.25, -0.2) is 4.90 Å². The summed E-state index contributed by atoms with van der Waals surface area (Å²) in [7, 11) is 0. The number of aromatic nitrogens is 1. The molecular weight excluding hydrogens is 506 g/mol. The number of para-hydroxylation sites is 1. The van der Waals surface area contributed by atoms with E-state index in [-0.39, 0.29) is 16.8 Å². The topological polar surface area (TPSA) is 85.5 Å². The van der Waals surface area contributed by atoms with Crippen molar-refractivity contribution in [2.24, 2.45) is 0 Å². The molecule has 184 valence electrons. The van der Waals surface area contributed by atoms with Gasteiger partial charge in [0.25, 0.3) is 16.8 Å². The summed E-state index contributed by atoms with van der Waals surface area (Å²) >= 11 is 2.47. The lowest BCUT2D eigenvalue weighted by atomic mass is 10.2. The number of aryl methyl sites for hydroxylation is 1. The van der Waals surface area contributed by atoms with Gasteiger partial charge in [-0.2, -0.15) is 0 Å². The standard InChI is InChI=1S/C28H21N3O4S2/c1-18-16-20(17-26-27(32)30(28(33)37-26)21-6-4-3-5-7-21)19(2)29(18)22-8-12-24(13-9-22)36-25-14-10-23(11-15-25)31(34)35/h3-17H,1-2H3. The van der Waals surface area contributed by atoms with Gasteiger partial charge in [-0.1, -0.05) is 30.0 Å². The zero-order valence-corrected chi connectivity index (χ0v) is 21.6. The zero-order valence-electron chi connectivity index (χ0n) is 20.0. The van der Waals surface area contributed by atoms with Crippen molar-refractivity contribution in [3.05, 3.63) is 117 Å². The Bertz CT molecular complexity index is 1540. The van der Waals surface area contributed by atoms with Gasteiger partial charge in [0.1, 0.15) is 0 Å². The van der Waals surface area contributed by atoms with Crippen molar-refractivity contribution in [3.8, 4) is 5.69 Å². The molecule has 0 saturated carbocycles. The normalized spacial score (nSPS) is 14.5. The highest BCUT2D eigenvalue weighted by Gasteiger charge is 2.36. The van der Waals surface area contributed by atoms with E-state index in [1.165, 1.54) is 28.8 Å². The summed E-state index contributed by atoms with van der Waals surface area (Å²) in [6.07, 6.45) is 1.78. The van der Waals surface area contributed by atoms with Crippen LogP contribution in [-0.2, 0) is 4.79 Å². The minimum Gasteiger partial charge on any atom is -0.318 e. The number of rotatable bonds is 6. The SMILES string of the molecule is Cc1cc(C=C2SC(=O)N(c3ccccc3)C2=O)c(C)n1-c1ccc(Sc2ccc([N+](=O)[O-])cc2)cc1. The Morgan fingerprint density at radius 2 is 1.49 bits per heavy atom. The van der Waals surface area contributed by atoms with Gasteiger partial charge in [0, 0.05) is 39.0 Å². The van der Waals surface area contributed by atoms with Crippen LogP contribution in [0.3, 0.4) is 0 Å².